The molecule has 44 heavy (non-hydrogen) atoms. The van der Waals surface area contributed by atoms with Crippen molar-refractivity contribution in [1.82, 2.24) is 35.4 Å². The summed E-state index contributed by atoms with van der Waals surface area (Å²) in [6.45, 7) is 9.46. The Balaban J connectivity index is 1.16. The Kier molecular flexibility index (Phi) is 7.33. The van der Waals surface area contributed by atoms with Gasteiger partial charge in [0.05, 0.1) is 5.39 Å². The molecule has 0 spiro atoms. The third-order valence-electron chi connectivity index (χ3n) is 10.3. The molecule has 230 valence electrons. The summed E-state index contributed by atoms with van der Waals surface area (Å²) in [5.74, 6) is 0.288. The third kappa shape index (κ3) is 5.07. The van der Waals surface area contributed by atoms with Crippen LogP contribution >= 0.6 is 0 Å². The quantitative estimate of drug-likeness (QED) is 0.347. The number of nitrogens with zero attached hydrogens (tertiary/aromatic N) is 6. The number of aryl methyl sites for hydroxylation is 1. The molecule has 4 atom stereocenters. The fourth-order valence-corrected chi connectivity index (χ4v) is 7.94. The number of rotatable bonds is 6. The minimum absolute atomic E-state index is 0.238. The van der Waals surface area contributed by atoms with Crippen molar-refractivity contribution in [3.63, 3.8) is 0 Å². The van der Waals surface area contributed by atoms with E-state index in [1.165, 1.54) is 0 Å². The first-order valence-electron chi connectivity index (χ1n) is 16.2. The average Bonchev–Trinajstić information content (AvgIpc) is 3.60. The third-order valence-corrected chi connectivity index (χ3v) is 10.3. The van der Waals surface area contributed by atoms with Crippen LogP contribution in [0.3, 0.4) is 0 Å². The van der Waals surface area contributed by atoms with Crippen LogP contribution in [0.4, 0.5) is 10.2 Å². The number of ether oxygens (including phenoxy) is 1. The molecule has 6 heterocycles. The highest BCUT2D eigenvalue weighted by molar-refractivity contribution is 6.00. The SMILES string of the molecule is Cc1cccc2cccc(-c3ncc4c(N5CC6CCC(C5)N6)nc(OC[C@@H]5C[C@H](N6CCNCC6)CN5C)nc4c3F)c12. The first-order chi connectivity index (χ1) is 21.5. The van der Waals surface area contributed by atoms with Crippen LogP contribution in [0.1, 0.15) is 24.8 Å². The van der Waals surface area contributed by atoms with E-state index in [4.69, 9.17) is 19.7 Å². The van der Waals surface area contributed by atoms with Crippen molar-refractivity contribution in [2.45, 2.75) is 50.4 Å². The van der Waals surface area contributed by atoms with Crippen molar-refractivity contribution in [1.29, 1.82) is 0 Å². The number of anilines is 1. The maximum Gasteiger partial charge on any atom is 0.319 e. The van der Waals surface area contributed by atoms with Crippen LogP contribution in [0.5, 0.6) is 6.01 Å². The molecule has 0 aliphatic carbocycles. The van der Waals surface area contributed by atoms with E-state index in [9.17, 15) is 0 Å². The molecule has 8 rings (SSSR count). The van der Waals surface area contributed by atoms with Gasteiger partial charge in [0.1, 0.15) is 23.6 Å². The first kappa shape index (κ1) is 28.1. The van der Waals surface area contributed by atoms with Gasteiger partial charge in [0, 0.05) is 81.7 Å². The Morgan fingerprint density at radius 2 is 1.77 bits per heavy atom. The van der Waals surface area contributed by atoms with Gasteiger partial charge in [0.25, 0.3) is 0 Å². The number of aromatic nitrogens is 3. The topological polar surface area (TPSA) is 81.7 Å². The predicted octanol–water partition coefficient (Wildman–Crippen LogP) is 3.59. The monoisotopic (exact) mass is 596 g/mol. The lowest BCUT2D eigenvalue weighted by Gasteiger charge is -2.34. The smallest absolute Gasteiger partial charge is 0.319 e. The molecule has 2 aromatic heterocycles. The van der Waals surface area contributed by atoms with Crippen LogP contribution < -0.4 is 20.3 Å². The first-order valence-corrected chi connectivity index (χ1v) is 16.2. The van der Waals surface area contributed by atoms with Crippen molar-refractivity contribution < 1.29 is 9.13 Å². The molecule has 2 aromatic carbocycles. The van der Waals surface area contributed by atoms with E-state index in [-0.39, 0.29) is 17.6 Å². The highest BCUT2D eigenvalue weighted by atomic mass is 19.1. The zero-order valence-corrected chi connectivity index (χ0v) is 25.6. The Labute approximate surface area is 257 Å². The summed E-state index contributed by atoms with van der Waals surface area (Å²) >= 11 is 0. The van der Waals surface area contributed by atoms with E-state index in [0.717, 1.165) is 87.0 Å². The summed E-state index contributed by atoms with van der Waals surface area (Å²) in [6.07, 6.45) is 5.09. The summed E-state index contributed by atoms with van der Waals surface area (Å²) in [5, 5.41) is 9.85. The fourth-order valence-electron chi connectivity index (χ4n) is 7.94. The summed E-state index contributed by atoms with van der Waals surface area (Å²) in [4.78, 5) is 21.7. The Morgan fingerprint density at radius 1 is 1.00 bits per heavy atom. The highest BCUT2D eigenvalue weighted by Gasteiger charge is 2.36. The number of halogens is 1. The number of piperazine rings is 2. The van der Waals surface area contributed by atoms with Crippen molar-refractivity contribution in [2.75, 3.05) is 64.4 Å². The van der Waals surface area contributed by atoms with E-state index in [2.05, 4.69) is 57.5 Å². The number of fused-ring (bicyclic) bond motifs is 4. The summed E-state index contributed by atoms with van der Waals surface area (Å²) in [7, 11) is 2.17. The van der Waals surface area contributed by atoms with E-state index in [0.29, 0.717) is 41.6 Å². The second kappa shape index (κ2) is 11.5. The molecule has 0 saturated carbocycles. The standard InChI is InChI=1S/C34H41FN8O/c1-21-5-3-6-22-7-4-8-27(29(21)22)31-30(35)32-28(16-37-31)33(43-17-23-9-10-24(18-43)38-23)40-34(39-32)44-20-26-15-25(19-41(26)2)42-13-11-36-12-14-42/h3-8,16,23-26,36,38H,9-15,17-20H2,1-2H3/t23?,24?,25-,26-/m0/s1. The zero-order chi connectivity index (χ0) is 29.8. The van der Waals surface area contributed by atoms with Gasteiger partial charge in [0.2, 0.25) is 0 Å². The van der Waals surface area contributed by atoms with Gasteiger partial charge >= 0.3 is 6.01 Å². The van der Waals surface area contributed by atoms with Gasteiger partial charge in [-0.1, -0.05) is 36.4 Å². The van der Waals surface area contributed by atoms with E-state index < -0.39 is 5.82 Å². The molecule has 0 radical (unpaired) electrons. The molecule has 4 aliphatic heterocycles. The summed E-state index contributed by atoms with van der Waals surface area (Å²) in [5.41, 5.74) is 2.44. The number of benzene rings is 2. The Hall–Kier alpha value is -3.44. The molecular formula is C34H41FN8O. The van der Waals surface area contributed by atoms with Gasteiger partial charge in [-0.15, -0.1) is 0 Å². The fraction of sp³-hybridized carbons (Fsp3) is 0.500. The number of nitrogens with one attached hydrogen (secondary N) is 2. The summed E-state index contributed by atoms with van der Waals surface area (Å²) < 4.78 is 23.1. The molecule has 4 saturated heterocycles. The van der Waals surface area contributed by atoms with Crippen molar-refractivity contribution in [3.05, 3.63) is 54.0 Å². The minimum Gasteiger partial charge on any atom is -0.462 e. The van der Waals surface area contributed by atoms with Crippen molar-refractivity contribution >= 4 is 27.5 Å². The Morgan fingerprint density at radius 3 is 2.57 bits per heavy atom. The molecule has 2 N–H and O–H groups in total. The minimum atomic E-state index is -0.429. The van der Waals surface area contributed by atoms with E-state index >= 15 is 4.39 Å². The molecule has 9 nitrogen and oxygen atoms in total. The van der Waals surface area contributed by atoms with Gasteiger partial charge in [-0.3, -0.25) is 14.8 Å². The van der Waals surface area contributed by atoms with E-state index in [1.807, 2.05) is 18.2 Å². The molecule has 4 aromatic rings. The maximum atomic E-state index is 16.7. The largest absolute Gasteiger partial charge is 0.462 e. The maximum absolute atomic E-state index is 16.7. The van der Waals surface area contributed by atoms with Gasteiger partial charge in [-0.25, -0.2) is 4.39 Å². The molecule has 10 heteroatoms. The van der Waals surface area contributed by atoms with Crippen LogP contribution in [-0.2, 0) is 0 Å². The number of pyridine rings is 1. The van der Waals surface area contributed by atoms with Crippen LogP contribution in [0, 0.1) is 12.7 Å². The molecule has 4 aliphatic rings. The van der Waals surface area contributed by atoms with Gasteiger partial charge < -0.3 is 20.3 Å². The lowest BCUT2D eigenvalue weighted by molar-refractivity contribution is 0.175. The highest BCUT2D eigenvalue weighted by Crippen LogP contribution is 2.37. The van der Waals surface area contributed by atoms with E-state index in [1.54, 1.807) is 6.20 Å². The van der Waals surface area contributed by atoms with Crippen LogP contribution in [0.2, 0.25) is 0 Å². The van der Waals surface area contributed by atoms with Crippen molar-refractivity contribution in [2.24, 2.45) is 0 Å². The van der Waals surface area contributed by atoms with Gasteiger partial charge in [0.15, 0.2) is 5.82 Å². The van der Waals surface area contributed by atoms with Gasteiger partial charge in [-0.2, -0.15) is 9.97 Å². The molecule has 2 bridgehead atoms. The number of likely N-dealkylation sites (N-methyl/N-ethyl adjacent to an activating group) is 1. The average molecular weight is 597 g/mol. The normalized spacial score (nSPS) is 26.2. The molecule has 4 fully saturated rings. The van der Waals surface area contributed by atoms with Crippen molar-refractivity contribution in [3.8, 4) is 17.3 Å². The lowest BCUT2D eigenvalue weighted by atomic mass is 9.97. The Bertz CT molecular complexity index is 1680. The lowest BCUT2D eigenvalue weighted by Crippen LogP contribution is -2.51. The van der Waals surface area contributed by atoms with Crippen LogP contribution in [0.15, 0.2) is 42.6 Å². The second-order valence-electron chi connectivity index (χ2n) is 13.1. The molecule has 2 unspecified atom stereocenters. The molecule has 0 amide bonds. The van der Waals surface area contributed by atoms with Gasteiger partial charge in [-0.05, 0) is 49.6 Å². The number of hydrogen-bond acceptors (Lipinski definition) is 9. The molecular weight excluding hydrogens is 555 g/mol. The number of hydrogen-bond donors (Lipinski definition) is 2. The van der Waals surface area contributed by atoms with Crippen LogP contribution in [0.25, 0.3) is 32.9 Å². The predicted molar refractivity (Wildman–Crippen MR) is 172 cm³/mol. The zero-order valence-electron chi connectivity index (χ0n) is 25.6. The summed E-state index contributed by atoms with van der Waals surface area (Å²) in [6, 6.07) is 14.0. The van der Waals surface area contributed by atoms with Crippen LogP contribution in [-0.4, -0.2) is 108 Å². The number of likely N-dealkylation sites (tertiary alicyclic amines) is 1. The second-order valence-corrected chi connectivity index (χ2v) is 13.1.